The molecule has 1 saturated heterocycles. The number of carbonyl (C=O) groups excluding carboxylic acids is 1. The molecule has 3 aromatic carbocycles. The summed E-state index contributed by atoms with van der Waals surface area (Å²) in [6, 6.07) is 22.8. The first-order valence-electron chi connectivity index (χ1n) is 10.4. The van der Waals surface area contributed by atoms with E-state index in [1.54, 1.807) is 0 Å². The number of benzene rings is 3. The molecule has 160 valence electrons. The highest BCUT2D eigenvalue weighted by Gasteiger charge is 2.26. The number of nitrogens with zero attached hydrogens (tertiary/aromatic N) is 1. The standard InChI is InChI=1S/C25H24Cl2N2O2/c26-21-13-12-18(15-22(21)27)16-29-14-6-7-19(17-29)25(30)28-23-10-4-5-11-24(23)31-20-8-2-1-3-9-20/h1-5,8-13,15,19H,6-7,14,16-17H2,(H,28,30). The Hall–Kier alpha value is -2.53. The lowest BCUT2D eigenvalue weighted by atomic mass is 9.96. The van der Waals surface area contributed by atoms with Crippen molar-refractivity contribution < 1.29 is 9.53 Å². The van der Waals surface area contributed by atoms with Gasteiger partial charge in [-0.25, -0.2) is 0 Å². The second-order valence-electron chi connectivity index (χ2n) is 7.72. The van der Waals surface area contributed by atoms with Gasteiger partial charge in [0.15, 0.2) is 5.75 Å². The Kier molecular flexibility index (Phi) is 7.13. The van der Waals surface area contributed by atoms with Crippen LogP contribution in [0.2, 0.25) is 10.0 Å². The summed E-state index contributed by atoms with van der Waals surface area (Å²) in [4.78, 5) is 15.3. The summed E-state index contributed by atoms with van der Waals surface area (Å²) in [6.07, 6.45) is 1.84. The van der Waals surface area contributed by atoms with E-state index in [4.69, 9.17) is 27.9 Å². The summed E-state index contributed by atoms with van der Waals surface area (Å²) >= 11 is 12.2. The Balaban J connectivity index is 1.40. The van der Waals surface area contributed by atoms with Crippen LogP contribution >= 0.6 is 23.2 Å². The third-order valence-corrected chi connectivity index (χ3v) is 6.12. The Labute approximate surface area is 192 Å². The maximum atomic E-state index is 13.0. The monoisotopic (exact) mass is 454 g/mol. The van der Waals surface area contributed by atoms with Crippen molar-refractivity contribution in [3.63, 3.8) is 0 Å². The molecule has 1 aliphatic rings. The van der Waals surface area contributed by atoms with Crippen molar-refractivity contribution in [2.45, 2.75) is 19.4 Å². The number of halogens is 2. The van der Waals surface area contributed by atoms with Gasteiger partial charge in [-0.15, -0.1) is 0 Å². The van der Waals surface area contributed by atoms with Crippen LogP contribution in [0.3, 0.4) is 0 Å². The van der Waals surface area contributed by atoms with E-state index in [2.05, 4.69) is 10.2 Å². The maximum Gasteiger partial charge on any atom is 0.228 e. The van der Waals surface area contributed by atoms with E-state index in [1.807, 2.05) is 72.8 Å². The number of para-hydroxylation sites is 3. The highest BCUT2D eigenvalue weighted by Crippen LogP contribution is 2.30. The lowest BCUT2D eigenvalue weighted by Crippen LogP contribution is -2.40. The normalized spacial score (nSPS) is 16.6. The number of likely N-dealkylation sites (tertiary alicyclic amines) is 1. The predicted molar refractivity (Wildman–Crippen MR) is 126 cm³/mol. The third-order valence-electron chi connectivity index (χ3n) is 5.38. The lowest BCUT2D eigenvalue weighted by molar-refractivity contribution is -0.121. The Morgan fingerprint density at radius 1 is 1.00 bits per heavy atom. The van der Waals surface area contributed by atoms with Crippen molar-refractivity contribution in [2.24, 2.45) is 5.92 Å². The molecule has 4 nitrogen and oxygen atoms in total. The van der Waals surface area contributed by atoms with Gasteiger partial charge in [0.1, 0.15) is 5.75 Å². The zero-order valence-corrected chi connectivity index (χ0v) is 18.6. The smallest absolute Gasteiger partial charge is 0.228 e. The summed E-state index contributed by atoms with van der Waals surface area (Å²) in [7, 11) is 0. The van der Waals surface area contributed by atoms with Crippen LogP contribution in [0.15, 0.2) is 72.8 Å². The Bertz CT molecular complexity index is 1040. The van der Waals surface area contributed by atoms with Gasteiger partial charge in [-0.1, -0.05) is 59.6 Å². The molecule has 31 heavy (non-hydrogen) atoms. The fourth-order valence-corrected chi connectivity index (χ4v) is 4.14. The minimum atomic E-state index is -0.0821. The second kappa shape index (κ2) is 10.2. The van der Waals surface area contributed by atoms with Crippen molar-refractivity contribution in [1.82, 2.24) is 4.90 Å². The van der Waals surface area contributed by atoms with Crippen LogP contribution < -0.4 is 10.1 Å². The first kappa shape index (κ1) is 21.7. The van der Waals surface area contributed by atoms with Crippen molar-refractivity contribution >= 4 is 34.8 Å². The molecule has 4 rings (SSSR count). The second-order valence-corrected chi connectivity index (χ2v) is 8.54. The predicted octanol–water partition coefficient (Wildman–Crippen LogP) is 6.64. The lowest BCUT2D eigenvalue weighted by Gasteiger charge is -2.32. The number of hydrogen-bond donors (Lipinski definition) is 1. The van der Waals surface area contributed by atoms with E-state index in [1.165, 1.54) is 0 Å². The van der Waals surface area contributed by atoms with Gasteiger partial charge in [0, 0.05) is 13.1 Å². The molecule has 1 amide bonds. The maximum absolute atomic E-state index is 13.0. The van der Waals surface area contributed by atoms with Crippen LogP contribution in [0.25, 0.3) is 0 Å². The van der Waals surface area contributed by atoms with E-state index in [-0.39, 0.29) is 11.8 Å². The molecule has 1 aliphatic heterocycles. The molecule has 6 heteroatoms. The SMILES string of the molecule is O=C(Nc1ccccc1Oc1ccccc1)C1CCCN(Cc2ccc(Cl)c(Cl)c2)C1. The molecule has 0 aromatic heterocycles. The molecule has 0 radical (unpaired) electrons. The number of nitrogens with one attached hydrogen (secondary N) is 1. The topological polar surface area (TPSA) is 41.6 Å². The van der Waals surface area contributed by atoms with Crippen molar-refractivity contribution in [1.29, 1.82) is 0 Å². The number of hydrogen-bond acceptors (Lipinski definition) is 3. The van der Waals surface area contributed by atoms with Gasteiger partial charge < -0.3 is 10.1 Å². The molecular weight excluding hydrogens is 431 g/mol. The van der Waals surface area contributed by atoms with Gasteiger partial charge >= 0.3 is 0 Å². The minimum absolute atomic E-state index is 0.0166. The fraction of sp³-hybridized carbons (Fsp3) is 0.240. The molecule has 0 spiro atoms. The summed E-state index contributed by atoms with van der Waals surface area (Å²) < 4.78 is 5.97. The zero-order valence-electron chi connectivity index (χ0n) is 17.1. The zero-order chi connectivity index (χ0) is 21.6. The molecule has 1 atom stereocenters. The summed E-state index contributed by atoms with van der Waals surface area (Å²) in [5, 5.41) is 4.18. The van der Waals surface area contributed by atoms with Gasteiger partial charge in [0.2, 0.25) is 5.91 Å². The highest BCUT2D eigenvalue weighted by atomic mass is 35.5. The number of piperidine rings is 1. The number of carbonyl (C=O) groups is 1. The molecule has 1 unspecified atom stereocenters. The van der Waals surface area contributed by atoms with Crippen LogP contribution in [0.1, 0.15) is 18.4 Å². The quantitative estimate of drug-likeness (QED) is 0.453. The molecule has 0 aliphatic carbocycles. The van der Waals surface area contributed by atoms with Crippen molar-refractivity contribution in [2.75, 3.05) is 18.4 Å². The van der Waals surface area contributed by atoms with Crippen LogP contribution in [-0.4, -0.2) is 23.9 Å². The molecule has 1 heterocycles. The number of amides is 1. The van der Waals surface area contributed by atoms with Crippen LogP contribution in [-0.2, 0) is 11.3 Å². The minimum Gasteiger partial charge on any atom is -0.455 e. The summed E-state index contributed by atoms with van der Waals surface area (Å²) in [6.45, 7) is 2.40. The molecule has 0 saturated carbocycles. The van der Waals surface area contributed by atoms with Gasteiger partial charge in [-0.3, -0.25) is 9.69 Å². The van der Waals surface area contributed by atoms with Gasteiger partial charge in [0.05, 0.1) is 21.7 Å². The van der Waals surface area contributed by atoms with E-state index >= 15 is 0 Å². The average Bonchev–Trinajstić information content (AvgIpc) is 2.78. The van der Waals surface area contributed by atoms with Crippen molar-refractivity contribution in [3.05, 3.63) is 88.4 Å². The number of rotatable bonds is 6. The molecular formula is C25H24Cl2N2O2. The van der Waals surface area contributed by atoms with Crippen molar-refractivity contribution in [3.8, 4) is 11.5 Å². The van der Waals surface area contributed by atoms with Gasteiger partial charge in [0.25, 0.3) is 0 Å². The third kappa shape index (κ3) is 5.79. The first-order valence-corrected chi connectivity index (χ1v) is 11.1. The summed E-state index contributed by atoms with van der Waals surface area (Å²) in [5.74, 6) is 1.30. The summed E-state index contributed by atoms with van der Waals surface area (Å²) in [5.41, 5.74) is 1.77. The van der Waals surface area contributed by atoms with Gasteiger partial charge in [-0.2, -0.15) is 0 Å². The molecule has 3 aromatic rings. The highest BCUT2D eigenvalue weighted by molar-refractivity contribution is 6.42. The Morgan fingerprint density at radius 2 is 1.77 bits per heavy atom. The van der Waals surface area contributed by atoms with Crippen LogP contribution in [0.4, 0.5) is 5.69 Å². The fourth-order valence-electron chi connectivity index (χ4n) is 3.82. The number of ether oxygens (including phenoxy) is 1. The van der Waals surface area contributed by atoms with E-state index in [9.17, 15) is 4.79 Å². The number of anilines is 1. The largest absolute Gasteiger partial charge is 0.455 e. The Morgan fingerprint density at radius 3 is 2.58 bits per heavy atom. The average molecular weight is 455 g/mol. The van der Waals surface area contributed by atoms with E-state index in [0.29, 0.717) is 28.0 Å². The van der Waals surface area contributed by atoms with E-state index < -0.39 is 0 Å². The van der Waals surface area contributed by atoms with Crippen LogP contribution in [0.5, 0.6) is 11.5 Å². The molecule has 1 N–H and O–H groups in total. The van der Waals surface area contributed by atoms with Gasteiger partial charge in [-0.05, 0) is 61.3 Å². The molecule has 1 fully saturated rings. The van der Waals surface area contributed by atoms with E-state index in [0.717, 1.165) is 37.2 Å². The molecule has 0 bridgehead atoms. The first-order chi connectivity index (χ1) is 15.1. The van der Waals surface area contributed by atoms with Crippen LogP contribution in [0, 0.1) is 5.92 Å².